The number of amides is 1. The van der Waals surface area contributed by atoms with Gasteiger partial charge in [0.2, 0.25) is 0 Å². The predicted molar refractivity (Wildman–Crippen MR) is 100.0 cm³/mol. The highest BCUT2D eigenvalue weighted by molar-refractivity contribution is 5.96. The number of rotatable bonds is 6. The highest BCUT2D eigenvalue weighted by Crippen LogP contribution is 2.26. The van der Waals surface area contributed by atoms with Gasteiger partial charge < -0.3 is 10.1 Å². The van der Waals surface area contributed by atoms with Crippen molar-refractivity contribution < 1.29 is 14.3 Å². The van der Waals surface area contributed by atoms with Crippen LogP contribution in [0.3, 0.4) is 0 Å². The summed E-state index contributed by atoms with van der Waals surface area (Å²) in [7, 11) is 0. The van der Waals surface area contributed by atoms with E-state index in [2.05, 4.69) is 19.2 Å². The van der Waals surface area contributed by atoms with Crippen molar-refractivity contribution in [2.24, 2.45) is 0 Å². The van der Waals surface area contributed by atoms with Crippen molar-refractivity contribution in [3.63, 3.8) is 0 Å². The monoisotopic (exact) mass is 339 g/mol. The number of esters is 1. The summed E-state index contributed by atoms with van der Waals surface area (Å²) in [5.41, 5.74) is 4.23. The number of anilines is 1. The first-order valence-electron chi connectivity index (χ1n) is 8.56. The number of carbonyl (C=O) groups excluding carboxylic acids is 2. The third-order valence-electron chi connectivity index (χ3n) is 4.54. The van der Waals surface area contributed by atoms with E-state index < -0.39 is 5.97 Å². The SMILES string of the molecule is CC[C@@H](C)c1ccccc1NC(=O)COC(=O)c1cccc(C)c1C. The van der Waals surface area contributed by atoms with Gasteiger partial charge in [0.1, 0.15) is 0 Å². The standard InChI is InChI=1S/C21H25NO3/c1-5-14(2)17-10-6-7-12-19(17)22-20(23)13-25-21(24)18-11-8-9-15(3)16(18)4/h6-12,14H,5,13H2,1-4H3,(H,22,23)/t14-/m1/s1. The van der Waals surface area contributed by atoms with E-state index >= 15 is 0 Å². The van der Waals surface area contributed by atoms with E-state index in [0.717, 1.165) is 28.8 Å². The van der Waals surface area contributed by atoms with Crippen molar-refractivity contribution in [2.75, 3.05) is 11.9 Å². The van der Waals surface area contributed by atoms with Gasteiger partial charge in [-0.05, 0) is 55.0 Å². The van der Waals surface area contributed by atoms with Gasteiger partial charge in [0, 0.05) is 5.69 Å². The van der Waals surface area contributed by atoms with Crippen LogP contribution in [0.4, 0.5) is 5.69 Å². The molecule has 0 saturated heterocycles. The molecule has 0 aliphatic carbocycles. The number of benzene rings is 2. The smallest absolute Gasteiger partial charge is 0.338 e. The van der Waals surface area contributed by atoms with Crippen molar-refractivity contribution in [3.05, 3.63) is 64.7 Å². The fourth-order valence-electron chi connectivity index (χ4n) is 2.63. The fourth-order valence-corrected chi connectivity index (χ4v) is 2.63. The molecule has 0 bridgehead atoms. The fraction of sp³-hybridized carbons (Fsp3) is 0.333. The lowest BCUT2D eigenvalue weighted by Crippen LogP contribution is -2.22. The zero-order chi connectivity index (χ0) is 18.4. The van der Waals surface area contributed by atoms with Crippen LogP contribution in [0.15, 0.2) is 42.5 Å². The quantitative estimate of drug-likeness (QED) is 0.782. The van der Waals surface area contributed by atoms with Gasteiger partial charge in [0.15, 0.2) is 6.61 Å². The van der Waals surface area contributed by atoms with Gasteiger partial charge in [-0.1, -0.05) is 44.2 Å². The average Bonchev–Trinajstić information content (AvgIpc) is 2.61. The van der Waals surface area contributed by atoms with Gasteiger partial charge in [0.25, 0.3) is 5.91 Å². The third kappa shape index (κ3) is 4.69. The number of aryl methyl sites for hydroxylation is 1. The number of carbonyl (C=O) groups is 2. The van der Waals surface area contributed by atoms with E-state index in [1.807, 2.05) is 44.2 Å². The first-order valence-corrected chi connectivity index (χ1v) is 8.56. The van der Waals surface area contributed by atoms with E-state index in [-0.39, 0.29) is 12.5 Å². The highest BCUT2D eigenvalue weighted by atomic mass is 16.5. The lowest BCUT2D eigenvalue weighted by molar-refractivity contribution is -0.119. The molecule has 1 N–H and O–H groups in total. The Kier molecular flexibility index (Phi) is 6.34. The Balaban J connectivity index is 2.00. The molecule has 2 aromatic rings. The van der Waals surface area contributed by atoms with Crippen LogP contribution in [0, 0.1) is 13.8 Å². The zero-order valence-corrected chi connectivity index (χ0v) is 15.3. The molecule has 0 spiro atoms. The second-order valence-corrected chi connectivity index (χ2v) is 6.27. The first kappa shape index (κ1) is 18.7. The van der Waals surface area contributed by atoms with Crippen molar-refractivity contribution >= 4 is 17.6 Å². The predicted octanol–water partition coefficient (Wildman–Crippen LogP) is 4.61. The normalized spacial score (nSPS) is 11.7. The number of hydrogen-bond acceptors (Lipinski definition) is 3. The molecule has 0 aliphatic rings. The maximum absolute atomic E-state index is 12.2. The van der Waals surface area contributed by atoms with Gasteiger partial charge in [-0.15, -0.1) is 0 Å². The van der Waals surface area contributed by atoms with Crippen LogP contribution < -0.4 is 5.32 Å². The molecular weight excluding hydrogens is 314 g/mol. The van der Waals surface area contributed by atoms with Crippen LogP contribution >= 0.6 is 0 Å². The van der Waals surface area contributed by atoms with E-state index in [4.69, 9.17) is 4.74 Å². The zero-order valence-electron chi connectivity index (χ0n) is 15.3. The Morgan fingerprint density at radius 3 is 2.52 bits per heavy atom. The molecular formula is C21H25NO3. The molecule has 0 aliphatic heterocycles. The van der Waals surface area contributed by atoms with Crippen LogP contribution in [0.2, 0.25) is 0 Å². The lowest BCUT2D eigenvalue weighted by Gasteiger charge is -2.15. The molecule has 0 saturated carbocycles. The molecule has 2 rings (SSSR count). The van der Waals surface area contributed by atoms with Crippen LogP contribution in [-0.4, -0.2) is 18.5 Å². The van der Waals surface area contributed by atoms with Crippen LogP contribution in [-0.2, 0) is 9.53 Å². The van der Waals surface area contributed by atoms with E-state index in [1.165, 1.54) is 0 Å². The summed E-state index contributed by atoms with van der Waals surface area (Å²) in [6, 6.07) is 13.2. The summed E-state index contributed by atoms with van der Waals surface area (Å²) >= 11 is 0. The molecule has 0 radical (unpaired) electrons. The van der Waals surface area contributed by atoms with Crippen molar-refractivity contribution in [2.45, 2.75) is 40.0 Å². The Bertz CT molecular complexity index is 767. The Morgan fingerprint density at radius 1 is 1.08 bits per heavy atom. The largest absolute Gasteiger partial charge is 0.452 e. The van der Waals surface area contributed by atoms with Crippen LogP contribution in [0.5, 0.6) is 0 Å². The van der Waals surface area contributed by atoms with Crippen molar-refractivity contribution in [1.29, 1.82) is 0 Å². The summed E-state index contributed by atoms with van der Waals surface area (Å²) < 4.78 is 5.17. The minimum Gasteiger partial charge on any atom is -0.452 e. The van der Waals surface area contributed by atoms with Gasteiger partial charge in [0.05, 0.1) is 5.56 Å². The molecule has 4 nitrogen and oxygen atoms in total. The van der Waals surface area contributed by atoms with Gasteiger partial charge in [-0.2, -0.15) is 0 Å². The summed E-state index contributed by atoms with van der Waals surface area (Å²) in [6.07, 6.45) is 0.981. The third-order valence-corrected chi connectivity index (χ3v) is 4.54. The van der Waals surface area contributed by atoms with Crippen LogP contribution in [0.1, 0.15) is 53.2 Å². The molecule has 0 unspecified atom stereocenters. The van der Waals surface area contributed by atoms with E-state index in [0.29, 0.717) is 11.5 Å². The number of hydrogen-bond donors (Lipinski definition) is 1. The molecule has 0 aromatic heterocycles. The molecule has 0 heterocycles. The van der Waals surface area contributed by atoms with Gasteiger partial charge >= 0.3 is 5.97 Å². The molecule has 1 atom stereocenters. The second-order valence-electron chi connectivity index (χ2n) is 6.27. The minimum absolute atomic E-state index is 0.305. The van der Waals surface area contributed by atoms with Gasteiger partial charge in [-0.25, -0.2) is 4.79 Å². The molecule has 25 heavy (non-hydrogen) atoms. The topological polar surface area (TPSA) is 55.4 Å². The Hall–Kier alpha value is -2.62. The van der Waals surface area contributed by atoms with Crippen molar-refractivity contribution in [3.8, 4) is 0 Å². The molecule has 0 fully saturated rings. The summed E-state index contributed by atoms with van der Waals surface area (Å²) in [5.74, 6) is -0.477. The number of para-hydroxylation sites is 1. The average molecular weight is 339 g/mol. The summed E-state index contributed by atoms with van der Waals surface area (Å²) in [6.45, 7) is 7.72. The van der Waals surface area contributed by atoms with E-state index in [1.54, 1.807) is 12.1 Å². The minimum atomic E-state index is -0.480. The molecule has 2 aromatic carbocycles. The lowest BCUT2D eigenvalue weighted by atomic mass is 9.97. The maximum atomic E-state index is 12.2. The summed E-state index contributed by atoms with van der Waals surface area (Å²) in [4.78, 5) is 24.4. The number of ether oxygens (including phenoxy) is 1. The Labute approximate surface area is 149 Å². The van der Waals surface area contributed by atoms with E-state index in [9.17, 15) is 9.59 Å². The molecule has 4 heteroatoms. The van der Waals surface area contributed by atoms with Crippen molar-refractivity contribution in [1.82, 2.24) is 0 Å². The van der Waals surface area contributed by atoms with Crippen LogP contribution in [0.25, 0.3) is 0 Å². The maximum Gasteiger partial charge on any atom is 0.338 e. The molecule has 1 amide bonds. The first-order chi connectivity index (χ1) is 11.9. The number of nitrogens with one attached hydrogen (secondary N) is 1. The highest BCUT2D eigenvalue weighted by Gasteiger charge is 2.15. The second kappa shape index (κ2) is 8.47. The Morgan fingerprint density at radius 2 is 1.80 bits per heavy atom. The van der Waals surface area contributed by atoms with Gasteiger partial charge in [-0.3, -0.25) is 4.79 Å². The summed E-state index contributed by atoms with van der Waals surface area (Å²) in [5, 5.41) is 2.84. The molecule has 132 valence electrons.